The first-order chi connectivity index (χ1) is 11.7. The minimum Gasteiger partial charge on any atom is -0.493 e. The van der Waals surface area contributed by atoms with Crippen molar-refractivity contribution >= 4 is 5.97 Å². The SMILES string of the molecule is COc1ccc(C(C(=O)O)c2c(F)c(F)c(F)c(F)c2F)cc1OC. The molecule has 2 rings (SSSR count). The highest BCUT2D eigenvalue weighted by molar-refractivity contribution is 5.81. The molecule has 0 radical (unpaired) electrons. The van der Waals surface area contributed by atoms with Gasteiger partial charge in [-0.15, -0.1) is 0 Å². The normalized spacial score (nSPS) is 12.0. The van der Waals surface area contributed by atoms with E-state index in [1.165, 1.54) is 20.3 Å². The zero-order chi connectivity index (χ0) is 18.9. The van der Waals surface area contributed by atoms with Crippen molar-refractivity contribution in [2.24, 2.45) is 0 Å². The van der Waals surface area contributed by atoms with Crippen LogP contribution in [0.15, 0.2) is 18.2 Å². The van der Waals surface area contributed by atoms with Crippen LogP contribution in [0.3, 0.4) is 0 Å². The molecule has 0 saturated carbocycles. The number of hydrogen-bond acceptors (Lipinski definition) is 3. The lowest BCUT2D eigenvalue weighted by Gasteiger charge is -2.18. The molecule has 134 valence electrons. The molecule has 1 unspecified atom stereocenters. The fourth-order valence-electron chi connectivity index (χ4n) is 2.34. The van der Waals surface area contributed by atoms with Gasteiger partial charge in [-0.2, -0.15) is 0 Å². The lowest BCUT2D eigenvalue weighted by Crippen LogP contribution is -2.19. The van der Waals surface area contributed by atoms with E-state index in [0.717, 1.165) is 12.1 Å². The van der Waals surface area contributed by atoms with E-state index in [2.05, 4.69) is 0 Å². The highest BCUT2D eigenvalue weighted by Gasteiger charge is 2.35. The van der Waals surface area contributed by atoms with Gasteiger partial charge in [-0.1, -0.05) is 6.07 Å². The van der Waals surface area contributed by atoms with Crippen LogP contribution in [0.1, 0.15) is 17.0 Å². The Labute approximate surface area is 138 Å². The average Bonchev–Trinajstić information content (AvgIpc) is 2.61. The fourth-order valence-corrected chi connectivity index (χ4v) is 2.34. The van der Waals surface area contributed by atoms with E-state index in [1.807, 2.05) is 0 Å². The number of benzene rings is 2. The Morgan fingerprint density at radius 2 is 1.36 bits per heavy atom. The third-order valence-electron chi connectivity index (χ3n) is 3.52. The molecule has 0 heterocycles. The van der Waals surface area contributed by atoms with Gasteiger partial charge in [0.2, 0.25) is 5.82 Å². The molecule has 0 aromatic heterocycles. The summed E-state index contributed by atoms with van der Waals surface area (Å²) in [4.78, 5) is 11.5. The fraction of sp³-hybridized carbons (Fsp3) is 0.188. The van der Waals surface area contributed by atoms with Gasteiger partial charge >= 0.3 is 5.97 Å². The quantitative estimate of drug-likeness (QED) is 0.502. The number of rotatable bonds is 5. The summed E-state index contributed by atoms with van der Waals surface area (Å²) in [6.07, 6.45) is 0. The summed E-state index contributed by atoms with van der Waals surface area (Å²) < 4.78 is 77.9. The standard InChI is InChI=1S/C16H11F5O4/c1-24-7-4-3-6(5-8(7)25-2)9(16(22)23)10-11(17)13(19)15(21)14(20)12(10)18/h3-5,9H,1-2H3,(H,22,23). The molecule has 0 aliphatic rings. The Bertz CT molecular complexity index is 809. The molecule has 1 N–H and O–H groups in total. The van der Waals surface area contributed by atoms with Gasteiger partial charge in [-0.3, -0.25) is 4.79 Å². The molecule has 4 nitrogen and oxygen atoms in total. The van der Waals surface area contributed by atoms with Crippen molar-refractivity contribution in [2.75, 3.05) is 14.2 Å². The van der Waals surface area contributed by atoms with Gasteiger partial charge in [0.05, 0.1) is 14.2 Å². The van der Waals surface area contributed by atoms with Crippen LogP contribution in [0.2, 0.25) is 0 Å². The van der Waals surface area contributed by atoms with Crippen LogP contribution >= 0.6 is 0 Å². The number of methoxy groups -OCH3 is 2. The number of aliphatic carboxylic acids is 1. The summed E-state index contributed by atoms with van der Waals surface area (Å²) in [6.45, 7) is 0. The van der Waals surface area contributed by atoms with Crippen molar-refractivity contribution in [3.63, 3.8) is 0 Å². The first-order valence-electron chi connectivity index (χ1n) is 6.70. The van der Waals surface area contributed by atoms with Gasteiger partial charge in [-0.25, -0.2) is 22.0 Å². The molecule has 25 heavy (non-hydrogen) atoms. The van der Waals surface area contributed by atoms with E-state index < -0.39 is 46.5 Å². The summed E-state index contributed by atoms with van der Waals surface area (Å²) in [5, 5.41) is 9.33. The van der Waals surface area contributed by atoms with Gasteiger partial charge in [0.15, 0.2) is 34.8 Å². The molecule has 2 aromatic carbocycles. The monoisotopic (exact) mass is 362 g/mol. The smallest absolute Gasteiger partial charge is 0.315 e. The number of hydrogen-bond donors (Lipinski definition) is 1. The van der Waals surface area contributed by atoms with Crippen molar-refractivity contribution in [2.45, 2.75) is 5.92 Å². The minimum atomic E-state index is -2.37. The summed E-state index contributed by atoms with van der Waals surface area (Å²) in [7, 11) is 2.53. The van der Waals surface area contributed by atoms with E-state index in [0.29, 0.717) is 0 Å². The summed E-state index contributed by atoms with van der Waals surface area (Å²) in [5.41, 5.74) is -1.72. The molecule has 0 saturated heterocycles. The molecule has 0 fully saturated rings. The first-order valence-corrected chi connectivity index (χ1v) is 6.70. The first kappa shape index (κ1) is 18.5. The molecule has 0 aliphatic heterocycles. The highest BCUT2D eigenvalue weighted by atomic mass is 19.2. The number of carboxylic acids is 1. The Morgan fingerprint density at radius 3 is 1.80 bits per heavy atom. The molecule has 2 aromatic rings. The Hall–Kier alpha value is -2.84. The largest absolute Gasteiger partial charge is 0.493 e. The van der Waals surface area contributed by atoms with Gasteiger partial charge in [0.1, 0.15) is 5.92 Å². The number of ether oxygens (including phenoxy) is 2. The predicted molar refractivity (Wildman–Crippen MR) is 75.3 cm³/mol. The number of carboxylic acid groups (broad SMARTS) is 1. The van der Waals surface area contributed by atoms with Crippen LogP contribution in [0.25, 0.3) is 0 Å². The van der Waals surface area contributed by atoms with E-state index in [9.17, 15) is 31.9 Å². The molecule has 0 amide bonds. The van der Waals surface area contributed by atoms with Crippen LogP contribution in [0.4, 0.5) is 22.0 Å². The maximum atomic E-state index is 14.0. The van der Waals surface area contributed by atoms with Crippen LogP contribution in [-0.2, 0) is 4.79 Å². The van der Waals surface area contributed by atoms with Crippen LogP contribution < -0.4 is 9.47 Å². The molecule has 1 atom stereocenters. The second kappa shape index (κ2) is 6.96. The van der Waals surface area contributed by atoms with Gasteiger partial charge in [0, 0.05) is 5.56 Å². The second-order valence-electron chi connectivity index (χ2n) is 4.87. The highest BCUT2D eigenvalue weighted by Crippen LogP contribution is 2.37. The Morgan fingerprint density at radius 1 is 0.880 bits per heavy atom. The summed E-state index contributed by atoms with van der Waals surface area (Å²) in [6, 6.07) is 3.45. The Balaban J connectivity index is 2.75. The maximum Gasteiger partial charge on any atom is 0.315 e. The van der Waals surface area contributed by atoms with E-state index in [4.69, 9.17) is 9.47 Å². The van der Waals surface area contributed by atoms with Crippen molar-refractivity contribution < 1.29 is 41.3 Å². The van der Waals surface area contributed by atoms with E-state index >= 15 is 0 Å². The lowest BCUT2D eigenvalue weighted by atomic mass is 9.90. The molecular formula is C16H11F5O4. The third kappa shape index (κ3) is 3.09. The van der Waals surface area contributed by atoms with Gasteiger partial charge in [-0.05, 0) is 17.7 Å². The van der Waals surface area contributed by atoms with Crippen LogP contribution in [0.5, 0.6) is 11.5 Å². The topological polar surface area (TPSA) is 55.8 Å². The molecule has 0 bridgehead atoms. The van der Waals surface area contributed by atoms with E-state index in [-0.39, 0.29) is 17.1 Å². The van der Waals surface area contributed by atoms with E-state index in [1.54, 1.807) is 0 Å². The molecule has 9 heteroatoms. The number of carbonyl (C=O) groups is 1. The van der Waals surface area contributed by atoms with Crippen molar-refractivity contribution in [1.29, 1.82) is 0 Å². The molecule has 0 spiro atoms. The van der Waals surface area contributed by atoms with Crippen molar-refractivity contribution in [1.82, 2.24) is 0 Å². The second-order valence-corrected chi connectivity index (χ2v) is 4.87. The summed E-state index contributed by atoms with van der Waals surface area (Å²) >= 11 is 0. The average molecular weight is 362 g/mol. The zero-order valence-electron chi connectivity index (χ0n) is 12.9. The molecule has 0 aliphatic carbocycles. The Kier molecular flexibility index (Phi) is 5.15. The summed E-state index contributed by atoms with van der Waals surface area (Å²) in [5.74, 6) is -15.0. The lowest BCUT2D eigenvalue weighted by molar-refractivity contribution is -0.137. The third-order valence-corrected chi connectivity index (χ3v) is 3.52. The van der Waals surface area contributed by atoms with Gasteiger partial charge in [0.25, 0.3) is 0 Å². The van der Waals surface area contributed by atoms with Gasteiger partial charge < -0.3 is 14.6 Å². The van der Waals surface area contributed by atoms with Crippen molar-refractivity contribution in [3.8, 4) is 11.5 Å². The van der Waals surface area contributed by atoms with Crippen LogP contribution in [-0.4, -0.2) is 25.3 Å². The maximum absolute atomic E-state index is 14.0. The predicted octanol–water partition coefficient (Wildman–Crippen LogP) is 3.62. The molecular weight excluding hydrogens is 351 g/mol. The zero-order valence-corrected chi connectivity index (χ0v) is 12.9. The minimum absolute atomic E-state index is 0.0233. The number of halogens is 5. The van der Waals surface area contributed by atoms with Crippen molar-refractivity contribution in [3.05, 3.63) is 58.4 Å². The van der Waals surface area contributed by atoms with Crippen LogP contribution in [0, 0.1) is 29.1 Å².